The van der Waals surface area contributed by atoms with E-state index in [1.54, 1.807) is 6.92 Å². The van der Waals surface area contributed by atoms with Gasteiger partial charge in [-0.1, -0.05) is 11.3 Å². The monoisotopic (exact) mass is 345 g/mol. The van der Waals surface area contributed by atoms with Crippen molar-refractivity contribution in [2.24, 2.45) is 4.99 Å². The first-order valence-electron chi connectivity index (χ1n) is 7.83. The van der Waals surface area contributed by atoms with Gasteiger partial charge in [0.25, 0.3) is 5.19 Å². The van der Waals surface area contributed by atoms with Crippen molar-refractivity contribution in [3.8, 4) is 10.9 Å². The van der Waals surface area contributed by atoms with E-state index >= 15 is 0 Å². The Morgan fingerprint density at radius 2 is 2.04 bits per heavy atom. The van der Waals surface area contributed by atoms with E-state index in [1.165, 1.54) is 11.3 Å². The van der Waals surface area contributed by atoms with Gasteiger partial charge in [0.15, 0.2) is 5.78 Å². The Morgan fingerprint density at radius 1 is 1.33 bits per heavy atom. The molecule has 1 aromatic carbocycles. The first-order chi connectivity index (χ1) is 11.3. The van der Waals surface area contributed by atoms with E-state index in [0.717, 1.165) is 29.1 Å². The van der Waals surface area contributed by atoms with Crippen molar-refractivity contribution in [1.82, 2.24) is 9.88 Å². The van der Waals surface area contributed by atoms with Crippen molar-refractivity contribution < 1.29 is 9.53 Å². The van der Waals surface area contributed by atoms with E-state index in [0.29, 0.717) is 15.8 Å². The van der Waals surface area contributed by atoms with Crippen LogP contribution in [-0.2, 0) is 0 Å². The van der Waals surface area contributed by atoms with Gasteiger partial charge in [0.1, 0.15) is 5.75 Å². The van der Waals surface area contributed by atoms with Gasteiger partial charge in [0.05, 0.1) is 22.6 Å². The second-order valence-electron chi connectivity index (χ2n) is 5.77. The lowest BCUT2D eigenvalue weighted by Crippen LogP contribution is -2.14. The van der Waals surface area contributed by atoms with Crippen LogP contribution in [0, 0.1) is 20.8 Å². The number of thiazole rings is 1. The number of ketones is 1. The number of benzene rings is 1. The predicted molar refractivity (Wildman–Crippen MR) is 99.3 cm³/mol. The number of hydrogen-bond acceptors (Lipinski definition) is 5. The van der Waals surface area contributed by atoms with Crippen molar-refractivity contribution >= 4 is 29.1 Å². The summed E-state index contributed by atoms with van der Waals surface area (Å²) in [6, 6.07) is 3.95. The van der Waals surface area contributed by atoms with Gasteiger partial charge in [-0.2, -0.15) is 0 Å². The van der Waals surface area contributed by atoms with E-state index in [-0.39, 0.29) is 5.78 Å². The maximum Gasteiger partial charge on any atom is 0.279 e. The van der Waals surface area contributed by atoms with Crippen molar-refractivity contribution in [2.75, 3.05) is 13.6 Å². The summed E-state index contributed by atoms with van der Waals surface area (Å²) in [6.07, 6.45) is 1.83. The first-order valence-corrected chi connectivity index (χ1v) is 8.65. The summed E-state index contributed by atoms with van der Waals surface area (Å²) in [5.74, 6) is 0.747. The summed E-state index contributed by atoms with van der Waals surface area (Å²) in [5.41, 5.74) is 3.63. The van der Waals surface area contributed by atoms with Crippen LogP contribution < -0.4 is 4.74 Å². The molecule has 2 rings (SSSR count). The minimum atomic E-state index is 0.0116. The third kappa shape index (κ3) is 4.20. The number of Topliss-reactive ketones (excluding diaryl/α,β-unsaturated/α-hetero) is 1. The van der Waals surface area contributed by atoms with E-state index in [9.17, 15) is 4.79 Å². The summed E-state index contributed by atoms with van der Waals surface area (Å²) < 4.78 is 5.90. The number of hydrogen-bond donors (Lipinski definition) is 0. The van der Waals surface area contributed by atoms with E-state index in [2.05, 4.69) is 16.9 Å². The molecule has 0 aliphatic carbocycles. The normalized spacial score (nSPS) is 11.1. The molecule has 0 saturated heterocycles. The fourth-order valence-corrected chi connectivity index (χ4v) is 2.93. The molecule has 0 aliphatic rings. The number of ether oxygens (including phenoxy) is 1. The van der Waals surface area contributed by atoms with Crippen LogP contribution in [0.15, 0.2) is 17.1 Å². The van der Waals surface area contributed by atoms with Crippen LogP contribution in [0.1, 0.15) is 40.3 Å². The maximum atomic E-state index is 11.5. The van der Waals surface area contributed by atoms with E-state index in [4.69, 9.17) is 4.74 Å². The highest BCUT2D eigenvalue weighted by atomic mass is 32.1. The zero-order chi connectivity index (χ0) is 17.9. The minimum Gasteiger partial charge on any atom is -0.431 e. The molecule has 0 saturated carbocycles. The maximum absolute atomic E-state index is 11.5. The van der Waals surface area contributed by atoms with Gasteiger partial charge in [-0.15, -0.1) is 0 Å². The van der Waals surface area contributed by atoms with Crippen LogP contribution >= 0.6 is 11.3 Å². The molecule has 1 heterocycles. The lowest BCUT2D eigenvalue weighted by molar-refractivity contribution is 0.102. The fourth-order valence-electron chi connectivity index (χ4n) is 2.10. The fraction of sp³-hybridized carbons (Fsp3) is 0.389. The Balaban J connectivity index is 2.26. The van der Waals surface area contributed by atoms with Gasteiger partial charge in [-0.3, -0.25) is 4.79 Å². The minimum absolute atomic E-state index is 0.0116. The molecular formula is C18H23N3O2S. The number of aromatic nitrogens is 1. The molecule has 0 amide bonds. The Morgan fingerprint density at radius 3 is 2.62 bits per heavy atom. The smallest absolute Gasteiger partial charge is 0.279 e. The summed E-state index contributed by atoms with van der Waals surface area (Å²) in [7, 11) is 1.99. The van der Waals surface area contributed by atoms with E-state index in [1.807, 2.05) is 51.2 Å². The largest absolute Gasteiger partial charge is 0.431 e. The molecule has 0 spiro atoms. The van der Waals surface area contributed by atoms with Crippen molar-refractivity contribution in [1.29, 1.82) is 0 Å². The Bertz CT molecular complexity index is 781. The van der Waals surface area contributed by atoms with Crippen LogP contribution in [0.2, 0.25) is 0 Å². The molecule has 6 heteroatoms. The zero-order valence-corrected chi connectivity index (χ0v) is 15.8. The first kappa shape index (κ1) is 18.1. The molecule has 128 valence electrons. The van der Waals surface area contributed by atoms with Gasteiger partial charge in [0, 0.05) is 20.5 Å². The van der Waals surface area contributed by atoms with Crippen LogP contribution in [0.4, 0.5) is 5.69 Å². The highest BCUT2D eigenvalue weighted by molar-refractivity contribution is 7.15. The van der Waals surface area contributed by atoms with Crippen LogP contribution in [0.3, 0.4) is 0 Å². The lowest BCUT2D eigenvalue weighted by Gasteiger charge is -2.11. The molecule has 24 heavy (non-hydrogen) atoms. The number of carbonyl (C=O) groups excluding carboxylic acids is 1. The molecular weight excluding hydrogens is 322 g/mol. The van der Waals surface area contributed by atoms with Crippen LogP contribution in [-0.4, -0.2) is 35.6 Å². The Hall–Kier alpha value is -2.21. The summed E-state index contributed by atoms with van der Waals surface area (Å²) in [5, 5.41) is 0.488. The molecule has 1 aromatic heterocycles. The van der Waals surface area contributed by atoms with Crippen molar-refractivity contribution in [3.05, 3.63) is 33.8 Å². The van der Waals surface area contributed by atoms with Gasteiger partial charge in [-0.25, -0.2) is 9.98 Å². The molecule has 0 unspecified atom stereocenters. The molecule has 5 nitrogen and oxygen atoms in total. The average Bonchev–Trinajstić information content (AvgIpc) is 2.89. The van der Waals surface area contributed by atoms with Crippen molar-refractivity contribution in [2.45, 2.75) is 34.6 Å². The molecule has 0 atom stereocenters. The summed E-state index contributed by atoms with van der Waals surface area (Å²) in [4.78, 5) is 23.0. The molecule has 2 aromatic rings. The molecule has 0 aliphatic heterocycles. The SMILES string of the molecule is CCN(C)/C=N/c1cc(C)c(Oc2nc(C)c(C(C)=O)s2)cc1C. The molecule has 0 N–H and O–H groups in total. The Kier molecular flexibility index (Phi) is 5.72. The van der Waals surface area contributed by atoms with Gasteiger partial charge in [0.2, 0.25) is 0 Å². The average molecular weight is 345 g/mol. The standard InChI is InChI=1S/C18H23N3O2S/c1-7-21(6)10-19-15-8-12(3)16(9-11(15)2)23-18-20-13(4)17(24-18)14(5)22/h8-10H,7H2,1-6H3/b19-10+. The lowest BCUT2D eigenvalue weighted by atomic mass is 10.1. The second kappa shape index (κ2) is 7.57. The number of aliphatic imine (C=N–C) groups is 1. The predicted octanol–water partition coefficient (Wildman–Crippen LogP) is 4.67. The quantitative estimate of drug-likeness (QED) is 0.433. The second-order valence-corrected chi connectivity index (χ2v) is 6.74. The topological polar surface area (TPSA) is 54.8 Å². The molecule has 0 radical (unpaired) electrons. The number of nitrogens with zero attached hydrogens (tertiary/aromatic N) is 3. The number of aryl methyl sites for hydroxylation is 3. The van der Waals surface area contributed by atoms with Gasteiger partial charge >= 0.3 is 0 Å². The third-order valence-corrected chi connectivity index (χ3v) is 4.82. The highest BCUT2D eigenvalue weighted by Crippen LogP contribution is 2.34. The highest BCUT2D eigenvalue weighted by Gasteiger charge is 2.14. The number of carbonyl (C=O) groups is 1. The van der Waals surface area contributed by atoms with Crippen molar-refractivity contribution in [3.63, 3.8) is 0 Å². The van der Waals surface area contributed by atoms with Crippen LogP contribution in [0.25, 0.3) is 0 Å². The Labute approximate surface area is 147 Å². The number of rotatable bonds is 6. The third-order valence-electron chi connectivity index (χ3n) is 3.68. The summed E-state index contributed by atoms with van der Waals surface area (Å²) in [6.45, 7) is 10.3. The molecule has 0 bridgehead atoms. The zero-order valence-electron chi connectivity index (χ0n) is 15.0. The summed E-state index contributed by atoms with van der Waals surface area (Å²) >= 11 is 1.28. The molecule has 0 fully saturated rings. The van der Waals surface area contributed by atoms with Crippen LogP contribution in [0.5, 0.6) is 10.9 Å². The van der Waals surface area contributed by atoms with Gasteiger partial charge < -0.3 is 9.64 Å². The van der Waals surface area contributed by atoms with E-state index < -0.39 is 0 Å². The van der Waals surface area contributed by atoms with Gasteiger partial charge in [-0.05, 0) is 51.0 Å².